The van der Waals surface area contributed by atoms with Crippen molar-refractivity contribution in [1.82, 2.24) is 10.3 Å². The van der Waals surface area contributed by atoms with Crippen LogP contribution in [-0.2, 0) is 4.79 Å². The van der Waals surface area contributed by atoms with Crippen LogP contribution in [0.1, 0.15) is 37.9 Å². The number of aromatic hydroxyl groups is 1. The third kappa shape index (κ3) is 4.22. The average molecular weight is 459 g/mol. The predicted molar refractivity (Wildman–Crippen MR) is 122 cm³/mol. The van der Waals surface area contributed by atoms with Gasteiger partial charge in [0.1, 0.15) is 5.70 Å². The zero-order valence-electron chi connectivity index (χ0n) is 17.3. The zero-order valence-corrected chi connectivity index (χ0v) is 18.8. The lowest BCUT2D eigenvalue weighted by Gasteiger charge is -2.34. The maximum Gasteiger partial charge on any atom is 0.276 e. The van der Waals surface area contributed by atoms with E-state index in [1.165, 1.54) is 18.9 Å². The molecule has 162 valence electrons. The number of amidine groups is 1. The van der Waals surface area contributed by atoms with Crippen LogP contribution in [0.2, 0.25) is 5.02 Å². The van der Waals surface area contributed by atoms with E-state index in [1.54, 1.807) is 17.1 Å². The molecule has 0 bridgehead atoms. The van der Waals surface area contributed by atoms with Crippen molar-refractivity contribution >= 4 is 40.1 Å². The van der Waals surface area contributed by atoms with E-state index in [2.05, 4.69) is 12.2 Å². The summed E-state index contributed by atoms with van der Waals surface area (Å²) in [4.78, 5) is 17.9. The van der Waals surface area contributed by atoms with Gasteiger partial charge in [0.2, 0.25) is 0 Å². The molecule has 2 aliphatic heterocycles. The van der Waals surface area contributed by atoms with Gasteiger partial charge in [-0.25, -0.2) is 5.01 Å². The molecule has 0 radical (unpaired) electrons. The number of methoxy groups -OCH3 is 1. The first kappa shape index (κ1) is 21.5. The fraction of sp³-hybridized carbons (Fsp3) is 0.318. The summed E-state index contributed by atoms with van der Waals surface area (Å²) in [5, 5.41) is 21.5. The van der Waals surface area contributed by atoms with Gasteiger partial charge >= 0.3 is 0 Å². The topological polar surface area (TPSA) is 86.5 Å². The van der Waals surface area contributed by atoms with Gasteiger partial charge in [0.25, 0.3) is 5.91 Å². The number of halogens is 1. The predicted octanol–water partition coefficient (Wildman–Crippen LogP) is 3.12. The molecule has 1 amide bonds. The number of hydrogen-bond acceptors (Lipinski definition) is 7. The number of rotatable bonds is 6. The fourth-order valence-corrected chi connectivity index (χ4v) is 4.60. The number of ether oxygens (including phenoxy) is 1. The molecule has 2 aliphatic rings. The first-order valence-electron chi connectivity index (χ1n) is 10.1. The number of carbonyl (C=O) groups excluding carboxylic acids is 1. The quantitative estimate of drug-likeness (QED) is 0.649. The first-order valence-corrected chi connectivity index (χ1v) is 11.5. The Hall–Kier alpha value is -2.71. The van der Waals surface area contributed by atoms with Crippen LogP contribution in [0.15, 0.2) is 46.5 Å². The lowest BCUT2D eigenvalue weighted by molar-refractivity contribution is -0.116. The molecule has 2 heterocycles. The second-order valence-corrected chi connectivity index (χ2v) is 8.67. The summed E-state index contributed by atoms with van der Waals surface area (Å²) in [6, 6.07) is 10.7. The molecule has 31 heavy (non-hydrogen) atoms. The van der Waals surface area contributed by atoms with Crippen LogP contribution in [0.3, 0.4) is 0 Å². The molecule has 9 heteroatoms. The number of nitrogens with zero attached hydrogens (tertiary/aromatic N) is 3. The Morgan fingerprint density at radius 2 is 2.10 bits per heavy atom. The van der Waals surface area contributed by atoms with E-state index in [-0.39, 0.29) is 22.4 Å². The largest absolute Gasteiger partial charge is 0.503 e. The number of phenols is 1. The molecular formula is C22H23ClN4O3S. The number of fused-ring (bicyclic) bond motifs is 2. The lowest BCUT2D eigenvalue weighted by Crippen LogP contribution is -2.50. The highest BCUT2D eigenvalue weighted by Crippen LogP contribution is 2.40. The first-order chi connectivity index (χ1) is 15.0. The third-order valence-corrected chi connectivity index (χ3v) is 6.31. The molecule has 0 saturated heterocycles. The molecule has 0 spiro atoms. The molecule has 0 saturated carbocycles. The highest BCUT2D eigenvalue weighted by atomic mass is 35.5. The van der Waals surface area contributed by atoms with Gasteiger partial charge in [-0.1, -0.05) is 61.3 Å². The van der Waals surface area contributed by atoms with E-state index in [1.807, 2.05) is 24.3 Å². The smallest absolute Gasteiger partial charge is 0.276 e. The highest BCUT2D eigenvalue weighted by molar-refractivity contribution is 8.13. The van der Waals surface area contributed by atoms with Crippen molar-refractivity contribution in [2.45, 2.75) is 32.4 Å². The minimum Gasteiger partial charge on any atom is -0.503 e. The van der Waals surface area contributed by atoms with Crippen molar-refractivity contribution in [1.29, 1.82) is 0 Å². The summed E-state index contributed by atoms with van der Waals surface area (Å²) in [6.45, 7) is 2.15. The Labute approximate surface area is 189 Å². The third-order valence-electron chi connectivity index (χ3n) is 5.07. The van der Waals surface area contributed by atoms with Gasteiger partial charge in [0.15, 0.2) is 22.8 Å². The second kappa shape index (κ2) is 9.20. The van der Waals surface area contributed by atoms with Gasteiger partial charge in [0, 0.05) is 16.5 Å². The van der Waals surface area contributed by atoms with E-state index < -0.39 is 6.17 Å². The molecule has 1 atom stereocenters. The number of unbranched alkanes of at least 4 members (excludes halogenated alkanes) is 2. The Morgan fingerprint density at radius 1 is 1.29 bits per heavy atom. The van der Waals surface area contributed by atoms with Crippen LogP contribution >= 0.6 is 23.4 Å². The van der Waals surface area contributed by atoms with Crippen LogP contribution in [0.4, 0.5) is 0 Å². The van der Waals surface area contributed by atoms with Crippen LogP contribution in [0, 0.1) is 0 Å². The molecule has 0 fully saturated rings. The summed E-state index contributed by atoms with van der Waals surface area (Å²) in [6.07, 6.45) is 2.68. The maximum absolute atomic E-state index is 13.1. The Bertz CT molecular complexity index is 1170. The zero-order chi connectivity index (χ0) is 22.0. The standard InChI is InChI=1S/C22H23ClN4O3S/c1-3-4-7-10-31-22-25-21(29)18-14-8-5-6-9-16(14)24-20(27(18)26-22)13-11-15(23)19(28)17(12-13)30-2/h5-6,8-9,11-12,20,28H,3-4,7,10H2,1-2H3,(H,25,26,29). The Balaban J connectivity index is 1.82. The average Bonchev–Trinajstić information content (AvgIpc) is 2.77. The van der Waals surface area contributed by atoms with Crippen molar-refractivity contribution in [2.75, 3.05) is 12.9 Å². The molecule has 2 aromatic carbocycles. The molecule has 2 N–H and O–H groups in total. The normalized spacial score (nSPS) is 17.3. The Kier molecular flexibility index (Phi) is 6.38. The SMILES string of the molecule is CCCCCSC1=NN2C(=c3ccccc3=NC2c2cc(Cl)c(O)c(OC)c2)C(=O)N1. The van der Waals surface area contributed by atoms with Gasteiger partial charge in [0.05, 0.1) is 17.5 Å². The van der Waals surface area contributed by atoms with Crippen molar-refractivity contribution in [3.8, 4) is 11.5 Å². The van der Waals surface area contributed by atoms with Crippen LogP contribution in [0.5, 0.6) is 11.5 Å². The molecular weight excluding hydrogens is 436 g/mol. The number of phenolic OH excluding ortho intramolecular Hbond substituents is 1. The summed E-state index contributed by atoms with van der Waals surface area (Å²) in [7, 11) is 1.46. The van der Waals surface area contributed by atoms with E-state index >= 15 is 0 Å². The minimum absolute atomic E-state index is 0.139. The minimum atomic E-state index is -0.630. The second-order valence-electron chi connectivity index (χ2n) is 7.18. The molecule has 4 rings (SSSR count). The van der Waals surface area contributed by atoms with E-state index in [4.69, 9.17) is 26.4 Å². The maximum atomic E-state index is 13.1. The molecule has 2 aromatic rings. The summed E-state index contributed by atoms with van der Waals surface area (Å²) in [5.74, 6) is 0.739. The lowest BCUT2D eigenvalue weighted by atomic mass is 10.1. The van der Waals surface area contributed by atoms with Crippen molar-refractivity contribution in [3.05, 3.63) is 57.6 Å². The number of hydrogen-bond donors (Lipinski definition) is 2. The van der Waals surface area contributed by atoms with E-state index in [0.29, 0.717) is 27.0 Å². The van der Waals surface area contributed by atoms with Gasteiger partial charge in [-0.3, -0.25) is 15.1 Å². The van der Waals surface area contributed by atoms with Crippen LogP contribution < -0.4 is 20.6 Å². The molecule has 0 aromatic heterocycles. The molecule has 1 unspecified atom stereocenters. The van der Waals surface area contributed by atoms with Crippen molar-refractivity contribution in [2.24, 2.45) is 10.1 Å². The summed E-state index contributed by atoms with van der Waals surface area (Å²) >= 11 is 7.75. The molecule has 7 nitrogen and oxygen atoms in total. The summed E-state index contributed by atoms with van der Waals surface area (Å²) < 4.78 is 5.26. The van der Waals surface area contributed by atoms with Gasteiger partial charge in [-0.05, 0) is 24.6 Å². The monoisotopic (exact) mass is 458 g/mol. The van der Waals surface area contributed by atoms with Crippen molar-refractivity contribution in [3.63, 3.8) is 0 Å². The number of benzene rings is 2. The van der Waals surface area contributed by atoms with E-state index in [0.717, 1.165) is 25.0 Å². The van der Waals surface area contributed by atoms with Crippen molar-refractivity contribution < 1.29 is 14.6 Å². The fourth-order valence-electron chi connectivity index (χ4n) is 3.53. The number of nitrogens with one attached hydrogen (secondary N) is 1. The van der Waals surface area contributed by atoms with Crippen LogP contribution in [-0.4, -0.2) is 34.1 Å². The van der Waals surface area contributed by atoms with Gasteiger partial charge in [-0.2, -0.15) is 0 Å². The molecule has 0 aliphatic carbocycles. The number of amides is 1. The highest BCUT2D eigenvalue weighted by Gasteiger charge is 2.35. The number of thioether (sulfide) groups is 1. The number of carbonyl (C=O) groups is 1. The summed E-state index contributed by atoms with van der Waals surface area (Å²) in [5.41, 5.74) is 1.08. The number of para-hydroxylation sites is 1. The van der Waals surface area contributed by atoms with Gasteiger partial charge in [-0.15, -0.1) is 5.10 Å². The van der Waals surface area contributed by atoms with E-state index in [9.17, 15) is 9.90 Å². The Morgan fingerprint density at radius 3 is 2.87 bits per heavy atom. The van der Waals surface area contributed by atoms with Gasteiger partial charge < -0.3 is 9.84 Å². The van der Waals surface area contributed by atoms with Crippen LogP contribution in [0.25, 0.3) is 5.70 Å². The number of hydrazone groups is 1.